The number of aliphatic carboxylic acids is 1. The van der Waals surface area contributed by atoms with Crippen LogP contribution in [0.3, 0.4) is 0 Å². The molecule has 0 aromatic heterocycles. The lowest BCUT2D eigenvalue weighted by Gasteiger charge is -2.24. The summed E-state index contributed by atoms with van der Waals surface area (Å²) in [5.74, 6) is -0.758. The smallest absolute Gasteiger partial charge is 0.325 e. The zero-order chi connectivity index (χ0) is 15.5. The van der Waals surface area contributed by atoms with E-state index in [0.29, 0.717) is 11.3 Å². The van der Waals surface area contributed by atoms with Gasteiger partial charge in [-0.3, -0.25) is 4.79 Å². The summed E-state index contributed by atoms with van der Waals surface area (Å²) in [6.45, 7) is 0. The highest BCUT2D eigenvalue weighted by atomic mass is 32.2. The van der Waals surface area contributed by atoms with Crippen molar-refractivity contribution in [1.29, 1.82) is 5.26 Å². The molecule has 112 valence electrons. The number of carbonyl (C=O) groups is 1. The summed E-state index contributed by atoms with van der Waals surface area (Å²) >= 11 is 1.40. The molecule has 0 spiro atoms. The predicted octanol–water partition coefficient (Wildman–Crippen LogP) is 0.938. The molecule has 0 aliphatic carbocycles. The van der Waals surface area contributed by atoms with Gasteiger partial charge in [-0.1, -0.05) is 18.2 Å². The molecular formula is C13H14N2O4S2. The van der Waals surface area contributed by atoms with Crippen LogP contribution in [0.1, 0.15) is 17.5 Å². The van der Waals surface area contributed by atoms with Gasteiger partial charge in [-0.2, -0.15) is 21.7 Å². The molecule has 1 aliphatic rings. The van der Waals surface area contributed by atoms with Crippen molar-refractivity contribution in [3.05, 3.63) is 35.4 Å². The Morgan fingerprint density at radius 3 is 2.76 bits per heavy atom. The van der Waals surface area contributed by atoms with Gasteiger partial charge in [0.2, 0.25) is 10.0 Å². The van der Waals surface area contributed by atoms with Gasteiger partial charge in [0.1, 0.15) is 5.54 Å². The summed E-state index contributed by atoms with van der Waals surface area (Å²) in [4.78, 5) is 11.4. The predicted molar refractivity (Wildman–Crippen MR) is 79.2 cm³/mol. The summed E-state index contributed by atoms with van der Waals surface area (Å²) in [6, 6.07) is 8.30. The van der Waals surface area contributed by atoms with Gasteiger partial charge in [-0.15, -0.1) is 0 Å². The molecule has 1 unspecified atom stereocenters. The van der Waals surface area contributed by atoms with Crippen LogP contribution in [-0.4, -0.2) is 36.5 Å². The van der Waals surface area contributed by atoms with E-state index >= 15 is 0 Å². The Hall–Kier alpha value is -1.56. The molecule has 0 bridgehead atoms. The molecule has 1 aromatic carbocycles. The molecule has 1 atom stereocenters. The molecule has 0 amide bonds. The molecule has 1 fully saturated rings. The first-order chi connectivity index (χ1) is 9.88. The summed E-state index contributed by atoms with van der Waals surface area (Å²) in [6.07, 6.45) is 0.256. The third kappa shape index (κ3) is 3.56. The fraction of sp³-hybridized carbons (Fsp3) is 0.385. The van der Waals surface area contributed by atoms with Gasteiger partial charge < -0.3 is 5.11 Å². The van der Waals surface area contributed by atoms with Crippen molar-refractivity contribution in [1.82, 2.24) is 4.72 Å². The molecule has 21 heavy (non-hydrogen) atoms. The van der Waals surface area contributed by atoms with Crippen LogP contribution in [0.25, 0.3) is 0 Å². The second-order valence-corrected chi connectivity index (χ2v) is 7.65. The van der Waals surface area contributed by atoms with Gasteiger partial charge in [0.15, 0.2) is 0 Å². The Labute approximate surface area is 127 Å². The van der Waals surface area contributed by atoms with E-state index in [-0.39, 0.29) is 17.7 Å². The van der Waals surface area contributed by atoms with Crippen molar-refractivity contribution >= 4 is 27.8 Å². The number of rotatable bonds is 5. The van der Waals surface area contributed by atoms with E-state index in [4.69, 9.17) is 5.26 Å². The average Bonchev–Trinajstić information content (AvgIpc) is 2.88. The number of nitrogens with zero attached hydrogens (tertiary/aromatic N) is 1. The third-order valence-corrected chi connectivity index (χ3v) is 5.85. The van der Waals surface area contributed by atoms with Gasteiger partial charge in [-0.05, 0) is 23.8 Å². The minimum atomic E-state index is -3.85. The van der Waals surface area contributed by atoms with Crippen LogP contribution < -0.4 is 4.72 Å². The highest BCUT2D eigenvalue weighted by Gasteiger charge is 2.45. The van der Waals surface area contributed by atoms with Crippen LogP contribution in [0.15, 0.2) is 24.3 Å². The van der Waals surface area contributed by atoms with Crippen molar-refractivity contribution < 1.29 is 18.3 Å². The van der Waals surface area contributed by atoms with Gasteiger partial charge in [0.05, 0.1) is 17.4 Å². The molecule has 2 N–H and O–H groups in total. The lowest BCUT2D eigenvalue weighted by Crippen LogP contribution is -2.54. The Morgan fingerprint density at radius 2 is 2.19 bits per heavy atom. The second kappa shape index (κ2) is 6.05. The Morgan fingerprint density at radius 1 is 1.48 bits per heavy atom. The zero-order valence-electron chi connectivity index (χ0n) is 11.1. The molecule has 1 aliphatic heterocycles. The third-order valence-electron chi connectivity index (χ3n) is 3.27. The van der Waals surface area contributed by atoms with Gasteiger partial charge in [-0.25, -0.2) is 8.42 Å². The van der Waals surface area contributed by atoms with E-state index in [9.17, 15) is 18.3 Å². The quantitative estimate of drug-likeness (QED) is 0.834. The number of thioether (sulfide) groups is 1. The zero-order valence-corrected chi connectivity index (χ0v) is 12.7. The molecular weight excluding hydrogens is 312 g/mol. The summed E-state index contributed by atoms with van der Waals surface area (Å²) in [5, 5.41) is 18.3. The second-order valence-electron chi connectivity index (χ2n) is 4.82. The van der Waals surface area contributed by atoms with Crippen molar-refractivity contribution in [2.45, 2.75) is 17.7 Å². The molecule has 0 radical (unpaired) electrons. The van der Waals surface area contributed by atoms with Crippen molar-refractivity contribution in [3.63, 3.8) is 0 Å². The standard InChI is InChI=1S/C13H14N2O4S2/c14-7-10-3-1-2-4-11(10)8-21(18,19)15-13(12(16)17)5-6-20-9-13/h1-4,15H,5-6,8-9H2,(H,16,17). The van der Waals surface area contributed by atoms with Crippen molar-refractivity contribution in [2.24, 2.45) is 0 Å². The molecule has 6 nitrogen and oxygen atoms in total. The summed E-state index contributed by atoms with van der Waals surface area (Å²) in [7, 11) is -3.85. The molecule has 2 rings (SSSR count). The molecule has 1 aromatic rings. The van der Waals surface area contributed by atoms with Crippen LogP contribution in [0.4, 0.5) is 0 Å². The maximum Gasteiger partial charge on any atom is 0.325 e. The monoisotopic (exact) mass is 326 g/mol. The van der Waals surface area contributed by atoms with Crippen molar-refractivity contribution in [2.75, 3.05) is 11.5 Å². The first-order valence-electron chi connectivity index (χ1n) is 6.19. The number of sulfonamides is 1. The van der Waals surface area contributed by atoms with Crippen LogP contribution >= 0.6 is 11.8 Å². The molecule has 1 heterocycles. The number of carboxylic acid groups (broad SMARTS) is 1. The fourth-order valence-corrected chi connectivity index (χ4v) is 5.16. The maximum absolute atomic E-state index is 12.2. The van der Waals surface area contributed by atoms with Gasteiger partial charge in [0.25, 0.3) is 0 Å². The highest BCUT2D eigenvalue weighted by molar-refractivity contribution is 7.99. The Kier molecular flexibility index (Phi) is 4.56. The maximum atomic E-state index is 12.2. The van der Waals surface area contributed by atoms with E-state index < -0.39 is 27.3 Å². The average molecular weight is 326 g/mol. The SMILES string of the molecule is N#Cc1ccccc1CS(=O)(=O)NC1(C(=O)O)CCSC1. The number of nitriles is 1. The number of carboxylic acids is 1. The number of nitrogens with one attached hydrogen (secondary N) is 1. The van der Waals surface area contributed by atoms with E-state index in [1.54, 1.807) is 18.2 Å². The van der Waals surface area contributed by atoms with Gasteiger partial charge in [0, 0.05) is 5.75 Å². The normalized spacial score (nSPS) is 21.9. The molecule has 1 saturated heterocycles. The Balaban J connectivity index is 2.23. The minimum Gasteiger partial charge on any atom is -0.480 e. The van der Waals surface area contributed by atoms with Gasteiger partial charge >= 0.3 is 5.97 Å². The van der Waals surface area contributed by atoms with Crippen molar-refractivity contribution in [3.8, 4) is 6.07 Å². The van der Waals surface area contributed by atoms with Crippen LogP contribution in [-0.2, 0) is 20.6 Å². The van der Waals surface area contributed by atoms with Crippen LogP contribution in [0.2, 0.25) is 0 Å². The largest absolute Gasteiger partial charge is 0.480 e. The van der Waals surface area contributed by atoms with E-state index in [2.05, 4.69) is 4.72 Å². The molecule has 0 saturated carbocycles. The van der Waals surface area contributed by atoms with E-state index in [1.807, 2.05) is 6.07 Å². The van der Waals surface area contributed by atoms with E-state index in [0.717, 1.165) is 0 Å². The lowest BCUT2D eigenvalue weighted by molar-refractivity contribution is -0.142. The van der Waals surface area contributed by atoms with Crippen LogP contribution in [0.5, 0.6) is 0 Å². The topological polar surface area (TPSA) is 107 Å². The number of hydrogen-bond acceptors (Lipinski definition) is 5. The van der Waals surface area contributed by atoms with E-state index in [1.165, 1.54) is 17.8 Å². The Bertz CT molecular complexity index is 688. The summed E-state index contributed by atoms with van der Waals surface area (Å²) < 4.78 is 26.8. The fourth-order valence-electron chi connectivity index (χ4n) is 2.15. The van der Waals surface area contributed by atoms with Crippen LogP contribution in [0, 0.1) is 11.3 Å². The highest BCUT2D eigenvalue weighted by Crippen LogP contribution is 2.29. The summed E-state index contributed by atoms with van der Waals surface area (Å²) in [5.41, 5.74) is -0.808. The first kappa shape index (κ1) is 15.8. The first-order valence-corrected chi connectivity index (χ1v) is 9.00. The molecule has 8 heteroatoms. The number of hydrogen-bond donors (Lipinski definition) is 2. The number of benzene rings is 1. The lowest BCUT2D eigenvalue weighted by atomic mass is 10.0. The minimum absolute atomic E-state index is 0.210.